The zero-order chi connectivity index (χ0) is 11.0. The van der Waals surface area contributed by atoms with Crippen molar-refractivity contribution in [3.63, 3.8) is 0 Å². The van der Waals surface area contributed by atoms with Crippen LogP contribution in [0.15, 0.2) is 0 Å². The summed E-state index contributed by atoms with van der Waals surface area (Å²) >= 11 is 0. The lowest BCUT2D eigenvalue weighted by Gasteiger charge is -2.02. The number of sulfone groups is 1. The zero-order valence-electron chi connectivity index (χ0n) is 8.78. The summed E-state index contributed by atoms with van der Waals surface area (Å²) in [4.78, 5) is 0. The monoisotopic (exact) mass is 241 g/mol. The lowest BCUT2D eigenvalue weighted by atomic mass is 10.4. The van der Waals surface area contributed by atoms with Gasteiger partial charge < -0.3 is 5.32 Å². The Morgan fingerprint density at radius 3 is 2.29 bits per heavy atom. The first kappa shape index (κ1) is 14.1. The maximum atomic E-state index is 10.7. The average Bonchev–Trinajstić information content (AvgIpc) is 2.00. The summed E-state index contributed by atoms with van der Waals surface area (Å²) in [6, 6.07) is 0. The summed E-state index contributed by atoms with van der Waals surface area (Å²) < 4.78 is 32.2. The molecule has 0 radical (unpaired) electrons. The third-order valence-electron chi connectivity index (χ3n) is 1.65. The average molecular weight is 241 g/mol. The highest BCUT2D eigenvalue weighted by Gasteiger charge is 2.00. The summed E-state index contributed by atoms with van der Waals surface area (Å²) in [6.45, 7) is 1.52. The first-order valence-electron chi connectivity index (χ1n) is 4.60. The van der Waals surface area contributed by atoms with Gasteiger partial charge in [-0.25, -0.2) is 8.42 Å². The van der Waals surface area contributed by atoms with Crippen molar-refractivity contribution >= 4 is 20.6 Å². The molecular formula is C8H19NO3S2. The molecule has 0 saturated carbocycles. The molecule has 1 atom stereocenters. The molecule has 0 aliphatic rings. The van der Waals surface area contributed by atoms with Crippen molar-refractivity contribution in [2.75, 3.05) is 37.1 Å². The first-order valence-corrected chi connectivity index (χ1v) is 8.39. The third-order valence-corrected chi connectivity index (χ3v) is 3.55. The predicted octanol–water partition coefficient (Wildman–Crippen LogP) is -0.221. The molecular weight excluding hydrogens is 222 g/mol. The minimum Gasteiger partial charge on any atom is -0.317 e. The van der Waals surface area contributed by atoms with Gasteiger partial charge in [-0.3, -0.25) is 4.21 Å². The van der Waals surface area contributed by atoms with Crippen molar-refractivity contribution < 1.29 is 12.6 Å². The van der Waals surface area contributed by atoms with Crippen LogP contribution in [-0.4, -0.2) is 49.7 Å². The largest absolute Gasteiger partial charge is 0.317 e. The van der Waals surface area contributed by atoms with Gasteiger partial charge in [-0.2, -0.15) is 0 Å². The van der Waals surface area contributed by atoms with Crippen LogP contribution in [0.25, 0.3) is 0 Å². The smallest absolute Gasteiger partial charge is 0.147 e. The molecule has 0 aromatic rings. The van der Waals surface area contributed by atoms with E-state index in [1.807, 2.05) is 0 Å². The minimum atomic E-state index is -2.82. The Kier molecular flexibility index (Phi) is 7.40. The maximum Gasteiger partial charge on any atom is 0.147 e. The topological polar surface area (TPSA) is 63.2 Å². The SMILES string of the molecule is CS(=O)CCCNCCCS(C)(=O)=O. The Morgan fingerprint density at radius 2 is 1.79 bits per heavy atom. The zero-order valence-corrected chi connectivity index (χ0v) is 10.4. The normalized spacial score (nSPS) is 14.1. The molecule has 0 bridgehead atoms. The number of hydrogen-bond donors (Lipinski definition) is 1. The summed E-state index contributed by atoms with van der Waals surface area (Å²) in [6.07, 6.45) is 4.45. The van der Waals surface area contributed by atoms with E-state index in [0.717, 1.165) is 13.0 Å². The van der Waals surface area contributed by atoms with Crippen LogP contribution in [0.4, 0.5) is 0 Å². The second kappa shape index (κ2) is 7.36. The van der Waals surface area contributed by atoms with Crippen LogP contribution in [0.2, 0.25) is 0 Å². The summed E-state index contributed by atoms with van der Waals surface area (Å²) in [5, 5.41) is 3.11. The van der Waals surface area contributed by atoms with Gasteiger partial charge in [0.15, 0.2) is 0 Å². The molecule has 86 valence electrons. The fraction of sp³-hybridized carbons (Fsp3) is 1.00. The van der Waals surface area contributed by atoms with E-state index >= 15 is 0 Å². The van der Waals surface area contributed by atoms with Gasteiger partial charge in [0.25, 0.3) is 0 Å². The van der Waals surface area contributed by atoms with Gasteiger partial charge in [0.05, 0.1) is 5.75 Å². The van der Waals surface area contributed by atoms with E-state index in [0.29, 0.717) is 18.7 Å². The van der Waals surface area contributed by atoms with Gasteiger partial charge in [-0.1, -0.05) is 0 Å². The fourth-order valence-electron chi connectivity index (χ4n) is 0.985. The van der Waals surface area contributed by atoms with Crippen molar-refractivity contribution in [3.8, 4) is 0 Å². The van der Waals surface area contributed by atoms with Crippen LogP contribution in [0.1, 0.15) is 12.8 Å². The molecule has 0 saturated heterocycles. The number of nitrogens with one attached hydrogen (secondary N) is 1. The molecule has 0 amide bonds. The molecule has 6 heteroatoms. The third kappa shape index (κ3) is 12.1. The van der Waals surface area contributed by atoms with Gasteiger partial charge in [-0.05, 0) is 25.9 Å². The molecule has 0 aliphatic carbocycles. The number of hydrogen-bond acceptors (Lipinski definition) is 4. The molecule has 0 spiro atoms. The van der Waals surface area contributed by atoms with Crippen molar-refractivity contribution in [2.45, 2.75) is 12.8 Å². The van der Waals surface area contributed by atoms with Crippen LogP contribution >= 0.6 is 0 Å². The van der Waals surface area contributed by atoms with Crippen LogP contribution in [0, 0.1) is 0 Å². The lowest BCUT2D eigenvalue weighted by molar-refractivity contribution is 0.594. The lowest BCUT2D eigenvalue weighted by Crippen LogP contribution is -2.20. The molecule has 0 fully saturated rings. The maximum absolute atomic E-state index is 10.7. The van der Waals surface area contributed by atoms with Crippen molar-refractivity contribution in [2.24, 2.45) is 0 Å². The van der Waals surface area contributed by atoms with E-state index in [-0.39, 0.29) is 5.75 Å². The fourth-order valence-corrected chi connectivity index (χ4v) is 2.20. The minimum absolute atomic E-state index is 0.236. The van der Waals surface area contributed by atoms with Gasteiger partial charge in [-0.15, -0.1) is 0 Å². The molecule has 1 N–H and O–H groups in total. The van der Waals surface area contributed by atoms with Gasteiger partial charge >= 0.3 is 0 Å². The predicted molar refractivity (Wildman–Crippen MR) is 60.7 cm³/mol. The summed E-state index contributed by atoms with van der Waals surface area (Å²) in [5.41, 5.74) is 0. The molecule has 0 aromatic carbocycles. The van der Waals surface area contributed by atoms with Gasteiger partial charge in [0, 0.05) is 29.1 Å². The molecule has 14 heavy (non-hydrogen) atoms. The molecule has 0 aromatic heterocycles. The van der Waals surface area contributed by atoms with Crippen LogP contribution in [-0.2, 0) is 20.6 Å². The molecule has 0 rings (SSSR count). The van der Waals surface area contributed by atoms with E-state index in [4.69, 9.17) is 0 Å². The van der Waals surface area contributed by atoms with E-state index in [2.05, 4.69) is 5.32 Å². The first-order chi connectivity index (χ1) is 6.42. The van der Waals surface area contributed by atoms with Gasteiger partial charge in [0.2, 0.25) is 0 Å². The Bertz CT molecular complexity index is 262. The van der Waals surface area contributed by atoms with E-state index in [1.165, 1.54) is 6.26 Å². The summed E-state index contributed by atoms with van der Waals surface area (Å²) in [7, 11) is -3.54. The number of rotatable bonds is 8. The highest BCUT2D eigenvalue weighted by atomic mass is 32.2. The second-order valence-corrected chi connectivity index (χ2v) is 7.18. The second-order valence-electron chi connectivity index (χ2n) is 3.36. The Labute approximate surface area is 88.8 Å². The van der Waals surface area contributed by atoms with Gasteiger partial charge in [0.1, 0.15) is 9.84 Å². The summed E-state index contributed by atoms with van der Waals surface area (Å²) in [5.74, 6) is 0.943. The van der Waals surface area contributed by atoms with Crippen molar-refractivity contribution in [1.82, 2.24) is 5.32 Å². The van der Waals surface area contributed by atoms with Crippen LogP contribution < -0.4 is 5.32 Å². The van der Waals surface area contributed by atoms with Crippen LogP contribution in [0.5, 0.6) is 0 Å². The molecule has 4 nitrogen and oxygen atoms in total. The van der Waals surface area contributed by atoms with E-state index in [9.17, 15) is 12.6 Å². The molecule has 0 aliphatic heterocycles. The van der Waals surface area contributed by atoms with E-state index < -0.39 is 20.6 Å². The molecule has 0 heterocycles. The highest BCUT2D eigenvalue weighted by Crippen LogP contribution is 1.87. The Morgan fingerprint density at radius 1 is 1.21 bits per heavy atom. The molecule has 1 unspecified atom stereocenters. The van der Waals surface area contributed by atoms with Crippen molar-refractivity contribution in [3.05, 3.63) is 0 Å². The Balaban J connectivity index is 3.19. The quantitative estimate of drug-likeness (QED) is 0.597. The standard InChI is InChI=1S/C8H19NO3S2/c1-13(10)7-3-5-9-6-4-8-14(2,11)12/h9H,3-8H2,1-2H3. The van der Waals surface area contributed by atoms with Crippen LogP contribution in [0.3, 0.4) is 0 Å². The Hall–Kier alpha value is 0.0600. The highest BCUT2D eigenvalue weighted by molar-refractivity contribution is 7.90. The van der Waals surface area contributed by atoms with Crippen molar-refractivity contribution in [1.29, 1.82) is 0 Å². The van der Waals surface area contributed by atoms with E-state index in [1.54, 1.807) is 6.26 Å².